The molecule has 38 heavy (non-hydrogen) atoms. The highest BCUT2D eigenvalue weighted by Gasteiger charge is 2.14. The van der Waals surface area contributed by atoms with Gasteiger partial charge >= 0.3 is 0 Å². The second kappa shape index (κ2) is 12.8. The zero-order chi connectivity index (χ0) is 26.9. The lowest BCUT2D eigenvalue weighted by Gasteiger charge is -2.14. The van der Waals surface area contributed by atoms with Gasteiger partial charge in [0.05, 0.1) is 30.2 Å². The van der Waals surface area contributed by atoms with Crippen LogP contribution in [-0.2, 0) is 0 Å². The number of benzene rings is 4. The quantitative estimate of drug-likeness (QED) is 0.148. The van der Waals surface area contributed by atoms with Gasteiger partial charge in [0, 0.05) is 24.5 Å². The van der Waals surface area contributed by atoms with Gasteiger partial charge in [0.1, 0.15) is 23.1 Å². The Hall–Kier alpha value is -4.24. The van der Waals surface area contributed by atoms with Gasteiger partial charge in [0.25, 0.3) is 5.91 Å². The van der Waals surface area contributed by atoms with Crippen molar-refractivity contribution >= 4 is 29.2 Å². The van der Waals surface area contributed by atoms with Crippen molar-refractivity contribution in [1.29, 1.82) is 0 Å². The molecule has 0 aliphatic carbocycles. The maximum absolute atomic E-state index is 14.3. The molecule has 1 amide bonds. The molecule has 0 radical (unpaired) electrons. The average molecular weight is 536 g/mol. The number of hydrogen-bond donors (Lipinski definition) is 3. The Balaban J connectivity index is 1.36. The van der Waals surface area contributed by atoms with Crippen molar-refractivity contribution in [3.63, 3.8) is 0 Å². The fourth-order valence-corrected chi connectivity index (χ4v) is 4.60. The van der Waals surface area contributed by atoms with Crippen molar-refractivity contribution in [1.82, 2.24) is 5.32 Å². The van der Waals surface area contributed by atoms with Crippen LogP contribution in [0.15, 0.2) is 89.8 Å². The molecule has 0 spiro atoms. The lowest BCUT2D eigenvalue weighted by molar-refractivity contribution is 0.0952. The molecule has 0 heterocycles. The highest BCUT2D eigenvalue weighted by Crippen LogP contribution is 2.36. The summed E-state index contributed by atoms with van der Waals surface area (Å²) in [5.41, 5.74) is 2.48. The topological polar surface area (TPSA) is 71.6 Å². The molecular weight excluding hydrogens is 508 g/mol. The number of amides is 1. The summed E-state index contributed by atoms with van der Waals surface area (Å²) in [4.78, 5) is 13.1. The number of halogens is 2. The Bertz CT molecular complexity index is 1400. The van der Waals surface area contributed by atoms with Gasteiger partial charge in [0.15, 0.2) is 0 Å². The van der Waals surface area contributed by atoms with Crippen molar-refractivity contribution in [2.45, 2.75) is 4.90 Å². The van der Waals surface area contributed by atoms with Crippen molar-refractivity contribution < 1.29 is 23.0 Å². The predicted molar refractivity (Wildman–Crippen MR) is 148 cm³/mol. The number of carbonyl (C=O) groups is 1. The Morgan fingerprint density at radius 3 is 2.26 bits per heavy atom. The molecule has 0 aliphatic rings. The molecule has 196 valence electrons. The van der Waals surface area contributed by atoms with E-state index in [9.17, 15) is 13.6 Å². The maximum atomic E-state index is 14.3. The highest BCUT2D eigenvalue weighted by molar-refractivity contribution is 8.00. The number of para-hydroxylation sites is 1. The van der Waals surface area contributed by atoms with E-state index >= 15 is 0 Å². The molecule has 4 aromatic carbocycles. The van der Waals surface area contributed by atoms with Crippen LogP contribution in [0.3, 0.4) is 0 Å². The Labute approximate surface area is 224 Å². The standard InChI is InChI=1S/C29H27F2N3O3S/c1-36-25-12-4-3-9-22(25)29(35)33-16-15-32-20-7-5-8-21(18-20)34-38-27-17-19(13-14-26(27)37-2)28-23(30)10-6-11-24(28)31/h3-14,17-18,32,34H,15-16H2,1-2H3,(H,33,35). The minimum absolute atomic E-state index is 0.0824. The third-order valence-electron chi connectivity index (χ3n) is 5.65. The molecule has 0 aromatic heterocycles. The second-order valence-corrected chi connectivity index (χ2v) is 8.98. The zero-order valence-corrected chi connectivity index (χ0v) is 21.7. The summed E-state index contributed by atoms with van der Waals surface area (Å²) >= 11 is 1.27. The van der Waals surface area contributed by atoms with E-state index in [1.807, 2.05) is 30.3 Å². The molecule has 0 fully saturated rings. The fourth-order valence-electron chi connectivity index (χ4n) is 3.80. The SMILES string of the molecule is COc1ccc(-c2c(F)cccc2F)cc1SNc1cccc(NCCNC(=O)c2ccccc2OC)c1. The van der Waals surface area contributed by atoms with Crippen LogP contribution < -0.4 is 24.8 Å². The number of nitrogens with one attached hydrogen (secondary N) is 3. The number of carbonyl (C=O) groups excluding carboxylic acids is 1. The van der Waals surface area contributed by atoms with Crippen LogP contribution in [0.2, 0.25) is 0 Å². The molecule has 3 N–H and O–H groups in total. The number of ether oxygens (including phenoxy) is 2. The third kappa shape index (κ3) is 6.54. The summed E-state index contributed by atoms with van der Waals surface area (Å²) in [5, 5.41) is 6.16. The van der Waals surface area contributed by atoms with Gasteiger partial charge in [-0.2, -0.15) is 0 Å². The molecule has 0 saturated heterocycles. The van der Waals surface area contributed by atoms with Crippen molar-refractivity contribution in [2.24, 2.45) is 0 Å². The summed E-state index contributed by atoms with van der Waals surface area (Å²) in [7, 11) is 3.07. The minimum Gasteiger partial charge on any atom is -0.496 e. The van der Waals surface area contributed by atoms with Gasteiger partial charge in [-0.25, -0.2) is 8.78 Å². The summed E-state index contributed by atoms with van der Waals surface area (Å²) in [6.45, 7) is 0.932. The van der Waals surface area contributed by atoms with Gasteiger partial charge in [-0.15, -0.1) is 0 Å². The van der Waals surface area contributed by atoms with E-state index in [2.05, 4.69) is 15.4 Å². The smallest absolute Gasteiger partial charge is 0.255 e. The van der Waals surface area contributed by atoms with E-state index in [0.29, 0.717) is 40.6 Å². The van der Waals surface area contributed by atoms with Crippen LogP contribution in [0.25, 0.3) is 11.1 Å². The first-order valence-corrected chi connectivity index (χ1v) is 12.6. The van der Waals surface area contributed by atoms with Crippen molar-refractivity contribution in [3.8, 4) is 22.6 Å². The molecule has 0 atom stereocenters. The molecule has 0 aliphatic heterocycles. The van der Waals surface area contributed by atoms with Crippen LogP contribution in [0, 0.1) is 11.6 Å². The van der Waals surface area contributed by atoms with E-state index in [1.165, 1.54) is 37.3 Å². The minimum atomic E-state index is -0.628. The van der Waals surface area contributed by atoms with Crippen LogP contribution in [0.4, 0.5) is 20.2 Å². The first kappa shape index (κ1) is 26.8. The molecule has 0 unspecified atom stereocenters. The Kier molecular flexibility index (Phi) is 9.05. The number of hydrogen-bond acceptors (Lipinski definition) is 6. The highest BCUT2D eigenvalue weighted by atomic mass is 32.2. The third-order valence-corrected chi connectivity index (χ3v) is 6.52. The van der Waals surface area contributed by atoms with E-state index in [4.69, 9.17) is 9.47 Å². The number of rotatable bonds is 11. The van der Waals surface area contributed by atoms with Gasteiger partial charge in [-0.05, 0) is 72.1 Å². The first-order valence-electron chi connectivity index (χ1n) is 11.8. The summed E-state index contributed by atoms with van der Waals surface area (Å²) in [6, 6.07) is 23.5. The van der Waals surface area contributed by atoms with Crippen molar-refractivity contribution in [3.05, 3.63) is 102 Å². The second-order valence-electron chi connectivity index (χ2n) is 8.13. The molecular formula is C29H27F2N3O3S. The molecule has 4 rings (SSSR count). The summed E-state index contributed by atoms with van der Waals surface area (Å²) in [6.07, 6.45) is 0. The van der Waals surface area contributed by atoms with Crippen LogP contribution in [0.5, 0.6) is 11.5 Å². The number of methoxy groups -OCH3 is 2. The van der Waals surface area contributed by atoms with E-state index in [-0.39, 0.29) is 11.5 Å². The average Bonchev–Trinajstić information content (AvgIpc) is 2.94. The largest absolute Gasteiger partial charge is 0.496 e. The molecule has 6 nitrogen and oxygen atoms in total. The van der Waals surface area contributed by atoms with Gasteiger partial charge in [0.2, 0.25) is 0 Å². The van der Waals surface area contributed by atoms with Crippen LogP contribution >= 0.6 is 11.9 Å². The predicted octanol–water partition coefficient (Wildman–Crippen LogP) is 6.61. The van der Waals surface area contributed by atoms with Crippen LogP contribution in [0.1, 0.15) is 10.4 Å². The summed E-state index contributed by atoms with van der Waals surface area (Å²) < 4.78 is 42.5. The van der Waals surface area contributed by atoms with Gasteiger partial charge < -0.3 is 24.8 Å². The first-order chi connectivity index (χ1) is 18.5. The molecule has 0 saturated carbocycles. The molecule has 0 bridgehead atoms. The molecule has 9 heteroatoms. The molecule has 4 aromatic rings. The zero-order valence-electron chi connectivity index (χ0n) is 20.9. The lowest BCUT2D eigenvalue weighted by atomic mass is 10.0. The van der Waals surface area contributed by atoms with Crippen LogP contribution in [-0.4, -0.2) is 33.2 Å². The Morgan fingerprint density at radius 2 is 1.50 bits per heavy atom. The lowest BCUT2D eigenvalue weighted by Crippen LogP contribution is -2.29. The van der Waals surface area contributed by atoms with Crippen molar-refractivity contribution in [2.75, 3.05) is 37.3 Å². The van der Waals surface area contributed by atoms with Gasteiger partial charge in [-0.1, -0.05) is 30.3 Å². The monoisotopic (exact) mass is 535 g/mol. The normalized spacial score (nSPS) is 10.5. The number of anilines is 2. The van der Waals surface area contributed by atoms with Gasteiger partial charge in [-0.3, -0.25) is 4.79 Å². The summed E-state index contributed by atoms with van der Waals surface area (Å²) in [5.74, 6) is -0.366. The van der Waals surface area contributed by atoms with E-state index in [1.54, 1.807) is 43.5 Å². The Morgan fingerprint density at radius 1 is 0.789 bits per heavy atom. The van der Waals surface area contributed by atoms with E-state index in [0.717, 1.165) is 11.4 Å². The van der Waals surface area contributed by atoms with E-state index < -0.39 is 11.6 Å². The maximum Gasteiger partial charge on any atom is 0.255 e. The fraction of sp³-hybridized carbons (Fsp3) is 0.138.